The van der Waals surface area contributed by atoms with Gasteiger partial charge in [0, 0.05) is 38.3 Å². The summed E-state index contributed by atoms with van der Waals surface area (Å²) >= 11 is 0. The maximum Gasteiger partial charge on any atom is 0.217 e. The van der Waals surface area contributed by atoms with Crippen molar-refractivity contribution in [3.05, 3.63) is 96.1 Å². The second-order valence-electron chi connectivity index (χ2n) is 6.70. The topological polar surface area (TPSA) is 63.9 Å². The van der Waals surface area contributed by atoms with Gasteiger partial charge in [0.2, 0.25) is 5.88 Å². The largest absolute Gasteiger partial charge is 0.518 e. The van der Waals surface area contributed by atoms with Crippen molar-refractivity contribution in [1.82, 2.24) is 4.98 Å². The van der Waals surface area contributed by atoms with Gasteiger partial charge in [-0.1, -0.05) is 54.1 Å². The second-order valence-corrected chi connectivity index (χ2v) is 6.70. The Balaban J connectivity index is 0.00000218. The van der Waals surface area contributed by atoms with E-state index in [9.17, 15) is 5.11 Å². The van der Waals surface area contributed by atoms with E-state index in [0.29, 0.717) is 29.7 Å². The monoisotopic (exact) mass is 576 g/mol. The van der Waals surface area contributed by atoms with E-state index in [0.717, 1.165) is 16.5 Å². The number of hydrogen-bond acceptors (Lipinski definition) is 5. The zero-order valence-corrected chi connectivity index (χ0v) is 18.0. The van der Waals surface area contributed by atoms with Crippen LogP contribution in [0.4, 0.5) is 0 Å². The second kappa shape index (κ2) is 8.68. The summed E-state index contributed by atoms with van der Waals surface area (Å²) in [5.41, 5.74) is 2.34. The van der Waals surface area contributed by atoms with E-state index >= 15 is 0 Å². The van der Waals surface area contributed by atoms with Crippen LogP contribution in [0.15, 0.2) is 83.9 Å². The van der Waals surface area contributed by atoms with Gasteiger partial charge < -0.3 is 14.6 Å². The van der Waals surface area contributed by atoms with E-state index in [4.69, 9.17) is 9.47 Å². The van der Waals surface area contributed by atoms with Gasteiger partial charge in [0.05, 0.1) is 0 Å². The summed E-state index contributed by atoms with van der Waals surface area (Å²) < 4.78 is 11.7. The zero-order chi connectivity index (χ0) is 19.6. The summed E-state index contributed by atoms with van der Waals surface area (Å²) in [7, 11) is 0. The summed E-state index contributed by atoms with van der Waals surface area (Å²) in [6.07, 6.45) is 0. The predicted molar refractivity (Wildman–Crippen MR) is 110 cm³/mol. The quantitative estimate of drug-likeness (QED) is 0.346. The van der Waals surface area contributed by atoms with Crippen LogP contribution < -0.4 is 4.74 Å². The summed E-state index contributed by atoms with van der Waals surface area (Å²) in [4.78, 5) is 9.08. The first kappa shape index (κ1) is 20.1. The van der Waals surface area contributed by atoms with Crippen LogP contribution in [-0.2, 0) is 25.8 Å². The third-order valence-corrected chi connectivity index (χ3v) is 4.72. The molecule has 0 bridgehead atoms. The number of ether oxygens (including phenoxy) is 2. The smallest absolute Gasteiger partial charge is 0.217 e. The molecule has 3 aromatic carbocycles. The molecular weight excluding hydrogens is 559 g/mol. The molecule has 4 aromatic rings. The summed E-state index contributed by atoms with van der Waals surface area (Å²) in [6.45, 7) is 0.504. The van der Waals surface area contributed by atoms with Gasteiger partial charge in [0.25, 0.3) is 0 Å². The molecule has 0 saturated heterocycles. The van der Waals surface area contributed by atoms with Gasteiger partial charge >= 0.3 is 0 Å². The van der Waals surface area contributed by atoms with E-state index < -0.39 is 0 Å². The van der Waals surface area contributed by atoms with Crippen LogP contribution in [0.25, 0.3) is 10.9 Å². The van der Waals surface area contributed by atoms with Crippen molar-refractivity contribution in [2.45, 2.75) is 6.04 Å². The molecule has 1 aromatic heterocycles. The molecule has 1 N–H and O–H groups in total. The number of phenols is 1. The molecule has 0 aliphatic carbocycles. The van der Waals surface area contributed by atoms with Gasteiger partial charge in [-0.2, -0.15) is 0 Å². The molecule has 0 amide bonds. The van der Waals surface area contributed by atoms with E-state index in [1.807, 2.05) is 54.6 Å². The van der Waals surface area contributed by atoms with Crippen LogP contribution in [0.2, 0.25) is 0 Å². The van der Waals surface area contributed by atoms with Crippen molar-refractivity contribution >= 4 is 16.8 Å². The Morgan fingerprint density at radius 3 is 2.63 bits per heavy atom. The fourth-order valence-electron chi connectivity index (χ4n) is 3.28. The van der Waals surface area contributed by atoms with Gasteiger partial charge in [-0.05, 0) is 17.7 Å². The van der Waals surface area contributed by atoms with Crippen molar-refractivity contribution < 1.29 is 35.6 Å². The van der Waals surface area contributed by atoms with E-state index in [-0.39, 0.29) is 32.9 Å². The zero-order valence-electron chi connectivity index (χ0n) is 15.8. The normalized spacial score (nSPS) is 15.2. The fourth-order valence-corrected chi connectivity index (χ4v) is 3.28. The van der Waals surface area contributed by atoms with Gasteiger partial charge in [-0.15, -0.1) is 18.2 Å². The third kappa shape index (κ3) is 4.07. The maximum atomic E-state index is 10.0. The molecule has 30 heavy (non-hydrogen) atoms. The third-order valence-electron chi connectivity index (χ3n) is 4.72. The fraction of sp³-hybridized carbons (Fsp3) is 0.0833. The molecule has 1 aliphatic heterocycles. The number of aromatic nitrogens is 1. The molecule has 0 unspecified atom stereocenters. The SMILES string of the molecule is Oc1cccc2ccc(Oc3[c-]c(C4=N[C@@H](c5ccccc5)CO4)ccc3)nc12.[Pt]. The van der Waals surface area contributed by atoms with Crippen LogP contribution in [0.1, 0.15) is 17.2 Å². The average Bonchev–Trinajstić information content (AvgIpc) is 3.26. The van der Waals surface area contributed by atoms with Crippen molar-refractivity contribution in [2.24, 2.45) is 4.99 Å². The summed E-state index contributed by atoms with van der Waals surface area (Å²) in [5, 5.41) is 10.9. The minimum atomic E-state index is -0.0192. The van der Waals surface area contributed by atoms with Crippen LogP contribution in [0, 0.1) is 6.07 Å². The minimum absolute atomic E-state index is 0. The first-order chi connectivity index (χ1) is 14.3. The van der Waals surface area contributed by atoms with E-state index in [2.05, 4.69) is 16.0 Å². The Morgan fingerprint density at radius 2 is 1.77 bits per heavy atom. The number of hydrogen-bond donors (Lipinski definition) is 1. The van der Waals surface area contributed by atoms with E-state index in [1.54, 1.807) is 24.3 Å². The first-order valence-corrected chi connectivity index (χ1v) is 9.31. The van der Waals surface area contributed by atoms with Crippen LogP contribution in [-0.4, -0.2) is 22.6 Å². The molecular formula is C24H17N2O3Pt-. The van der Waals surface area contributed by atoms with Gasteiger partial charge in [0.15, 0.2) is 0 Å². The number of rotatable bonds is 4. The number of phenolic OH excluding ortho intramolecular Hbond substituents is 1. The number of aromatic hydroxyl groups is 1. The average molecular weight is 576 g/mol. The number of aliphatic imine (C=N–C) groups is 1. The molecule has 5 nitrogen and oxygen atoms in total. The molecule has 0 radical (unpaired) electrons. The van der Waals surface area contributed by atoms with Gasteiger partial charge in [-0.3, -0.25) is 4.99 Å². The molecule has 6 heteroatoms. The van der Waals surface area contributed by atoms with Gasteiger partial charge in [-0.25, -0.2) is 4.98 Å². The Labute approximate surface area is 188 Å². The van der Waals surface area contributed by atoms with Crippen molar-refractivity contribution in [1.29, 1.82) is 0 Å². The number of para-hydroxylation sites is 1. The summed E-state index contributed by atoms with van der Waals surface area (Å²) in [6, 6.07) is 27.7. The van der Waals surface area contributed by atoms with E-state index in [1.165, 1.54) is 0 Å². The number of benzene rings is 3. The van der Waals surface area contributed by atoms with Crippen LogP contribution in [0.3, 0.4) is 0 Å². The summed E-state index contributed by atoms with van der Waals surface area (Å²) in [5.74, 6) is 1.54. The Bertz CT molecular complexity index is 1210. The maximum absolute atomic E-state index is 10.0. The molecule has 0 saturated carbocycles. The predicted octanol–water partition coefficient (Wildman–Crippen LogP) is 5.05. The molecule has 1 aliphatic rings. The number of pyridine rings is 1. The number of fused-ring (bicyclic) bond motifs is 1. The Hall–Kier alpha value is -3.17. The van der Waals surface area contributed by atoms with Crippen molar-refractivity contribution in [2.75, 3.05) is 6.61 Å². The number of nitrogens with zero attached hydrogens (tertiary/aromatic N) is 2. The molecule has 2 heterocycles. The van der Waals surface area contributed by atoms with Gasteiger partial charge in [0.1, 0.15) is 29.8 Å². The molecule has 0 fully saturated rings. The Kier molecular flexibility index (Phi) is 5.82. The molecule has 0 spiro atoms. The minimum Gasteiger partial charge on any atom is -0.518 e. The first-order valence-electron chi connectivity index (χ1n) is 9.31. The molecule has 1 atom stereocenters. The van der Waals surface area contributed by atoms with Crippen molar-refractivity contribution in [3.63, 3.8) is 0 Å². The van der Waals surface area contributed by atoms with Crippen molar-refractivity contribution in [3.8, 4) is 17.4 Å². The standard InChI is InChI=1S/C24H17N2O3.Pt/c27-21-11-5-8-17-12-13-22(26-23(17)21)29-19-10-4-9-18(14-19)24-25-20(15-28-24)16-6-2-1-3-7-16;/h1-13,20,27H,15H2;/q-1;/t20-;/m1./s1. The van der Waals surface area contributed by atoms with Crippen LogP contribution in [0.5, 0.6) is 17.4 Å². The molecule has 5 rings (SSSR count). The Morgan fingerprint density at radius 1 is 0.933 bits per heavy atom. The molecule has 152 valence electrons. The van der Waals surface area contributed by atoms with Crippen LogP contribution >= 0.6 is 0 Å².